The molecule has 0 aliphatic carbocycles. The van der Waals surface area contributed by atoms with E-state index in [1.165, 1.54) is 37.7 Å². The van der Waals surface area contributed by atoms with Crippen molar-refractivity contribution in [2.75, 3.05) is 26.4 Å². The Bertz CT molecular complexity index is 505. The van der Waals surface area contributed by atoms with Crippen LogP contribution in [0, 0.1) is 5.41 Å². The van der Waals surface area contributed by atoms with Gasteiger partial charge in [0.15, 0.2) is 0 Å². The first-order valence-electron chi connectivity index (χ1n) is 12.3. The number of rotatable bonds is 19. The van der Waals surface area contributed by atoms with Gasteiger partial charge < -0.3 is 19.9 Å². The fourth-order valence-electron chi connectivity index (χ4n) is 4.54. The van der Waals surface area contributed by atoms with Gasteiger partial charge in [0, 0.05) is 19.8 Å². The molecule has 0 fully saturated rings. The molecule has 1 rings (SSSR count). The molecule has 1 unspecified atom stereocenters. The van der Waals surface area contributed by atoms with Gasteiger partial charge in [-0.2, -0.15) is 0 Å². The Morgan fingerprint density at radius 1 is 0.700 bits per heavy atom. The van der Waals surface area contributed by atoms with Gasteiger partial charge in [-0.25, -0.2) is 0 Å². The van der Waals surface area contributed by atoms with E-state index in [1.54, 1.807) is 0 Å². The number of hydrogen-bond acceptors (Lipinski definition) is 4. The molecular weight excluding hydrogens is 374 g/mol. The van der Waals surface area contributed by atoms with Gasteiger partial charge in [0.2, 0.25) is 0 Å². The highest BCUT2D eigenvalue weighted by Crippen LogP contribution is 2.48. The highest BCUT2D eigenvalue weighted by Gasteiger charge is 2.54. The maximum atomic E-state index is 6.36. The first kappa shape index (κ1) is 27.1. The maximum absolute atomic E-state index is 6.36. The fraction of sp³-hybridized carbons (Fsp3) is 0.769. The second-order valence-corrected chi connectivity index (χ2v) is 8.21. The highest BCUT2D eigenvalue weighted by molar-refractivity contribution is 5.17. The fourth-order valence-corrected chi connectivity index (χ4v) is 4.54. The monoisotopic (exact) mass is 421 g/mol. The van der Waals surface area contributed by atoms with Crippen molar-refractivity contribution in [3.8, 4) is 0 Å². The Morgan fingerprint density at radius 2 is 1.23 bits per heavy atom. The Hall–Kier alpha value is -0.940. The molecule has 4 heteroatoms. The number of nitrogens with two attached hydrogens (primary N) is 1. The number of hydrogen-bond donors (Lipinski definition) is 1. The van der Waals surface area contributed by atoms with Crippen molar-refractivity contribution in [3.63, 3.8) is 0 Å². The summed E-state index contributed by atoms with van der Waals surface area (Å²) in [4.78, 5) is 0. The van der Waals surface area contributed by atoms with Gasteiger partial charge in [0.05, 0.1) is 5.41 Å². The molecule has 174 valence electrons. The van der Waals surface area contributed by atoms with Crippen molar-refractivity contribution in [3.05, 3.63) is 35.9 Å². The van der Waals surface area contributed by atoms with E-state index in [9.17, 15) is 0 Å². The van der Waals surface area contributed by atoms with Crippen LogP contribution in [0.2, 0.25) is 0 Å². The molecule has 0 spiro atoms. The van der Waals surface area contributed by atoms with Gasteiger partial charge in [-0.1, -0.05) is 75.8 Å². The van der Waals surface area contributed by atoms with Crippen molar-refractivity contribution >= 4 is 0 Å². The lowest BCUT2D eigenvalue weighted by atomic mass is 9.71. The van der Waals surface area contributed by atoms with Crippen LogP contribution in [0.1, 0.15) is 91.0 Å². The molecule has 0 bridgehead atoms. The lowest BCUT2D eigenvalue weighted by molar-refractivity contribution is -0.430. The Labute approximate surface area is 185 Å². The quantitative estimate of drug-likeness (QED) is 0.205. The molecule has 4 nitrogen and oxygen atoms in total. The zero-order chi connectivity index (χ0) is 22.1. The molecule has 1 aromatic carbocycles. The Kier molecular flexibility index (Phi) is 14.3. The van der Waals surface area contributed by atoms with Crippen LogP contribution in [0.4, 0.5) is 0 Å². The molecule has 1 atom stereocenters. The topological polar surface area (TPSA) is 53.7 Å². The van der Waals surface area contributed by atoms with Crippen LogP contribution in [-0.2, 0) is 20.6 Å². The average Bonchev–Trinajstić information content (AvgIpc) is 2.75. The number of ether oxygens (including phenoxy) is 3. The van der Waals surface area contributed by atoms with E-state index in [0.717, 1.165) is 32.1 Å². The summed E-state index contributed by atoms with van der Waals surface area (Å²) in [6.07, 6.45) is 11.3. The molecule has 0 aromatic heterocycles. The predicted octanol–water partition coefficient (Wildman–Crippen LogP) is 6.47. The summed E-state index contributed by atoms with van der Waals surface area (Å²) in [5.41, 5.74) is 7.00. The smallest absolute Gasteiger partial charge is 0.289 e. The first-order chi connectivity index (χ1) is 14.6. The van der Waals surface area contributed by atoms with Gasteiger partial charge in [-0.15, -0.1) is 0 Å². The molecule has 0 radical (unpaired) electrons. The highest BCUT2D eigenvalue weighted by atomic mass is 16.9. The summed E-state index contributed by atoms with van der Waals surface area (Å²) in [5, 5.41) is 0. The normalized spacial score (nSPS) is 14.0. The third kappa shape index (κ3) is 8.30. The predicted molar refractivity (Wildman–Crippen MR) is 126 cm³/mol. The van der Waals surface area contributed by atoms with Gasteiger partial charge >= 0.3 is 0 Å². The Balaban J connectivity index is 3.25. The van der Waals surface area contributed by atoms with E-state index in [1.807, 2.05) is 20.8 Å². The minimum atomic E-state index is -1.04. The van der Waals surface area contributed by atoms with Crippen LogP contribution < -0.4 is 5.73 Å². The molecule has 0 aliphatic heterocycles. The van der Waals surface area contributed by atoms with E-state index >= 15 is 0 Å². The molecule has 0 heterocycles. The van der Waals surface area contributed by atoms with Gasteiger partial charge in [0.25, 0.3) is 5.97 Å². The van der Waals surface area contributed by atoms with Crippen molar-refractivity contribution < 1.29 is 14.2 Å². The van der Waals surface area contributed by atoms with Gasteiger partial charge in [-0.3, -0.25) is 0 Å². The van der Waals surface area contributed by atoms with E-state index < -0.39 is 5.97 Å². The van der Waals surface area contributed by atoms with Crippen LogP contribution in [0.5, 0.6) is 0 Å². The molecule has 30 heavy (non-hydrogen) atoms. The third-order valence-corrected chi connectivity index (χ3v) is 5.91. The third-order valence-electron chi connectivity index (χ3n) is 5.91. The lowest BCUT2D eigenvalue weighted by Crippen LogP contribution is -2.56. The minimum Gasteiger partial charge on any atom is -0.330 e. The van der Waals surface area contributed by atoms with Gasteiger partial charge in [0.1, 0.15) is 0 Å². The summed E-state index contributed by atoms with van der Waals surface area (Å²) in [6, 6.07) is 10.7. The largest absolute Gasteiger partial charge is 0.330 e. The van der Waals surface area contributed by atoms with E-state index in [4.69, 9.17) is 19.9 Å². The first-order valence-corrected chi connectivity index (χ1v) is 12.3. The van der Waals surface area contributed by atoms with Crippen LogP contribution in [0.3, 0.4) is 0 Å². The number of benzene rings is 1. The zero-order valence-electron chi connectivity index (χ0n) is 20.1. The summed E-state index contributed by atoms with van der Waals surface area (Å²) in [7, 11) is 0. The van der Waals surface area contributed by atoms with Crippen LogP contribution in [0.15, 0.2) is 30.3 Å². The molecular formula is C26H47NO3. The minimum absolute atomic E-state index is 0.277. The molecule has 2 N–H and O–H groups in total. The van der Waals surface area contributed by atoms with Crippen molar-refractivity contribution in [2.45, 2.75) is 97.9 Å². The van der Waals surface area contributed by atoms with Gasteiger partial charge in [-0.05, 0) is 58.6 Å². The summed E-state index contributed by atoms with van der Waals surface area (Å²) >= 11 is 0. The van der Waals surface area contributed by atoms with Crippen molar-refractivity contribution in [1.82, 2.24) is 0 Å². The van der Waals surface area contributed by atoms with Crippen LogP contribution in [0.25, 0.3) is 0 Å². The SMILES string of the molecule is CCCCCCCCC(CCCN)(Cc1ccccc1)C(OCC)(OCC)OCC. The summed E-state index contributed by atoms with van der Waals surface area (Å²) < 4.78 is 19.1. The lowest BCUT2D eigenvalue weighted by Gasteiger charge is -2.49. The molecule has 1 aromatic rings. The van der Waals surface area contributed by atoms with Crippen LogP contribution in [-0.4, -0.2) is 32.3 Å². The molecule has 0 aliphatic rings. The molecule has 0 amide bonds. The second-order valence-electron chi connectivity index (χ2n) is 8.21. The standard InChI is InChI=1S/C26H47NO3/c1-5-9-10-11-12-16-20-25(21-17-22-27,23-24-18-14-13-15-19-24)26(28-6-2,29-7-3)30-8-4/h13-15,18-19H,5-12,16-17,20-23,27H2,1-4H3. The average molecular weight is 422 g/mol. The van der Waals surface area contributed by atoms with E-state index in [2.05, 4.69) is 37.3 Å². The van der Waals surface area contributed by atoms with Crippen molar-refractivity contribution in [2.24, 2.45) is 11.1 Å². The van der Waals surface area contributed by atoms with Crippen LogP contribution >= 0.6 is 0 Å². The molecule has 0 saturated carbocycles. The Morgan fingerprint density at radius 3 is 1.77 bits per heavy atom. The maximum Gasteiger partial charge on any atom is 0.289 e. The number of unbranched alkanes of at least 4 members (excludes halogenated alkanes) is 5. The molecule has 0 saturated heterocycles. The van der Waals surface area contributed by atoms with E-state index in [0.29, 0.717) is 26.4 Å². The summed E-state index contributed by atoms with van der Waals surface area (Å²) in [6.45, 7) is 10.6. The van der Waals surface area contributed by atoms with E-state index in [-0.39, 0.29) is 5.41 Å². The zero-order valence-corrected chi connectivity index (χ0v) is 20.1. The van der Waals surface area contributed by atoms with Crippen molar-refractivity contribution in [1.29, 1.82) is 0 Å². The second kappa shape index (κ2) is 15.8. The summed E-state index contributed by atoms with van der Waals surface area (Å²) in [5.74, 6) is -1.04.